The maximum Gasteiger partial charge on any atom is 0.185 e. The monoisotopic (exact) mass is 449 g/mol. The molecular weight excluding hydrogens is 410 g/mol. The highest BCUT2D eigenvalue weighted by Crippen LogP contribution is 2.31. The molecule has 0 spiro atoms. The lowest BCUT2D eigenvalue weighted by Gasteiger charge is -2.48. The summed E-state index contributed by atoms with van der Waals surface area (Å²) in [6, 6.07) is -2.26. The van der Waals surface area contributed by atoms with Crippen molar-refractivity contribution in [3.8, 4) is 0 Å². The fourth-order valence-corrected chi connectivity index (χ4v) is 4.69. The zero-order valence-electron chi connectivity index (χ0n) is 18.2. The topological polar surface area (TPSA) is 214 Å². The summed E-state index contributed by atoms with van der Waals surface area (Å²) in [5.74, 6) is 0. The van der Waals surface area contributed by atoms with Crippen LogP contribution >= 0.6 is 0 Å². The van der Waals surface area contributed by atoms with Gasteiger partial charge in [0, 0.05) is 18.6 Å². The van der Waals surface area contributed by atoms with Crippen molar-refractivity contribution in [3.63, 3.8) is 0 Å². The van der Waals surface area contributed by atoms with E-state index in [0.29, 0.717) is 19.4 Å². The molecule has 1 aliphatic carbocycles. The van der Waals surface area contributed by atoms with Crippen LogP contribution in [0.2, 0.25) is 0 Å². The predicted octanol–water partition coefficient (Wildman–Crippen LogP) is -3.98. The van der Waals surface area contributed by atoms with Gasteiger partial charge in [0.25, 0.3) is 0 Å². The highest BCUT2D eigenvalue weighted by molar-refractivity contribution is 5.01. The molecule has 182 valence electrons. The van der Waals surface area contributed by atoms with Crippen LogP contribution in [0.4, 0.5) is 0 Å². The molecule has 3 fully saturated rings. The highest BCUT2D eigenvalue weighted by atomic mass is 16.7. The van der Waals surface area contributed by atoms with E-state index >= 15 is 0 Å². The lowest BCUT2D eigenvalue weighted by Crippen LogP contribution is -2.68. The van der Waals surface area contributed by atoms with Gasteiger partial charge < -0.3 is 62.5 Å². The lowest BCUT2D eigenvalue weighted by atomic mass is 9.84. The zero-order chi connectivity index (χ0) is 22.9. The molecule has 0 bridgehead atoms. The number of nitrogens with two attached hydrogens (primary N) is 4. The van der Waals surface area contributed by atoms with Gasteiger partial charge in [-0.3, -0.25) is 0 Å². The maximum atomic E-state index is 11.0. The zero-order valence-corrected chi connectivity index (χ0v) is 18.2. The van der Waals surface area contributed by atoms with Crippen LogP contribution in [-0.4, -0.2) is 108 Å². The molecule has 12 nitrogen and oxygen atoms in total. The van der Waals surface area contributed by atoms with Gasteiger partial charge >= 0.3 is 0 Å². The lowest BCUT2D eigenvalue weighted by molar-refractivity contribution is -0.306. The second kappa shape index (κ2) is 10.2. The van der Waals surface area contributed by atoms with Crippen molar-refractivity contribution in [1.82, 2.24) is 5.32 Å². The van der Waals surface area contributed by atoms with Gasteiger partial charge in [0.2, 0.25) is 0 Å². The van der Waals surface area contributed by atoms with Gasteiger partial charge in [-0.25, -0.2) is 0 Å². The Kier molecular flexibility index (Phi) is 8.27. The van der Waals surface area contributed by atoms with Gasteiger partial charge in [-0.1, -0.05) is 0 Å². The highest BCUT2D eigenvalue weighted by Gasteiger charge is 2.50. The molecule has 12 atom stereocenters. The second-order valence-electron chi connectivity index (χ2n) is 9.15. The first kappa shape index (κ1) is 25.1. The summed E-state index contributed by atoms with van der Waals surface area (Å²) in [6.45, 7) is 1.83. The molecule has 3 rings (SSSR count). The van der Waals surface area contributed by atoms with Crippen molar-refractivity contribution in [2.45, 2.75) is 99.1 Å². The Morgan fingerprint density at radius 3 is 2.19 bits per heavy atom. The van der Waals surface area contributed by atoms with E-state index in [0.717, 1.165) is 6.42 Å². The van der Waals surface area contributed by atoms with Gasteiger partial charge in [0.15, 0.2) is 12.6 Å². The van der Waals surface area contributed by atoms with Crippen molar-refractivity contribution in [2.24, 2.45) is 22.9 Å². The Morgan fingerprint density at radius 2 is 1.61 bits per heavy atom. The van der Waals surface area contributed by atoms with Gasteiger partial charge in [0.05, 0.1) is 24.8 Å². The molecule has 1 saturated carbocycles. The molecule has 0 amide bonds. The molecule has 2 heterocycles. The number of hydrogen-bond acceptors (Lipinski definition) is 12. The minimum atomic E-state index is -1.29. The van der Waals surface area contributed by atoms with E-state index in [9.17, 15) is 15.3 Å². The fourth-order valence-electron chi connectivity index (χ4n) is 4.69. The van der Waals surface area contributed by atoms with Crippen molar-refractivity contribution < 1.29 is 34.3 Å². The largest absolute Gasteiger partial charge is 0.388 e. The third-order valence-corrected chi connectivity index (χ3v) is 6.55. The van der Waals surface area contributed by atoms with Gasteiger partial charge in [0.1, 0.15) is 30.0 Å². The number of rotatable bonds is 6. The molecule has 2 aliphatic heterocycles. The molecular formula is C19H39N5O7. The molecule has 2 saturated heterocycles. The minimum absolute atomic E-state index is 0.0665. The van der Waals surface area contributed by atoms with E-state index in [1.165, 1.54) is 0 Å². The van der Waals surface area contributed by atoms with Gasteiger partial charge in [-0.15, -0.1) is 0 Å². The van der Waals surface area contributed by atoms with E-state index < -0.39 is 60.7 Å². The van der Waals surface area contributed by atoms with E-state index in [1.54, 1.807) is 14.0 Å². The molecule has 12 heteroatoms. The normalized spacial score (nSPS) is 51.6. The third-order valence-electron chi connectivity index (χ3n) is 6.55. The first-order valence-corrected chi connectivity index (χ1v) is 10.9. The van der Waals surface area contributed by atoms with Gasteiger partial charge in [-0.2, -0.15) is 0 Å². The number of hydrogen-bond donors (Lipinski definition) is 8. The number of aliphatic hydroxyl groups excluding tert-OH is 2. The summed E-state index contributed by atoms with van der Waals surface area (Å²) in [5, 5.41) is 34.9. The van der Waals surface area contributed by atoms with Crippen molar-refractivity contribution in [2.75, 3.05) is 20.2 Å². The predicted molar refractivity (Wildman–Crippen MR) is 110 cm³/mol. The molecule has 0 radical (unpaired) electrons. The Balaban J connectivity index is 1.68. The van der Waals surface area contributed by atoms with Crippen LogP contribution in [0.25, 0.3) is 0 Å². The fraction of sp³-hybridized carbons (Fsp3) is 1.00. The quantitative estimate of drug-likeness (QED) is 0.195. The first-order chi connectivity index (χ1) is 14.6. The molecule has 31 heavy (non-hydrogen) atoms. The van der Waals surface area contributed by atoms with Gasteiger partial charge in [-0.05, 0) is 33.2 Å². The van der Waals surface area contributed by atoms with Crippen molar-refractivity contribution in [3.05, 3.63) is 0 Å². The average Bonchev–Trinajstić information content (AvgIpc) is 2.71. The molecule has 3 aliphatic rings. The molecule has 0 aromatic heterocycles. The van der Waals surface area contributed by atoms with E-state index in [-0.39, 0.29) is 18.8 Å². The van der Waals surface area contributed by atoms with Crippen LogP contribution < -0.4 is 28.3 Å². The number of nitrogens with one attached hydrogen (secondary N) is 1. The van der Waals surface area contributed by atoms with Crippen LogP contribution in [0.15, 0.2) is 0 Å². The van der Waals surface area contributed by atoms with Crippen LogP contribution in [0.3, 0.4) is 0 Å². The Labute approximate surface area is 182 Å². The molecule has 0 unspecified atom stereocenters. The molecule has 0 aromatic carbocycles. The average molecular weight is 450 g/mol. The van der Waals surface area contributed by atoms with Crippen LogP contribution in [0.1, 0.15) is 26.2 Å². The number of aliphatic hydroxyl groups is 3. The van der Waals surface area contributed by atoms with Crippen LogP contribution in [0.5, 0.6) is 0 Å². The van der Waals surface area contributed by atoms with Crippen molar-refractivity contribution in [1.29, 1.82) is 0 Å². The van der Waals surface area contributed by atoms with Crippen LogP contribution in [-0.2, 0) is 18.9 Å². The van der Waals surface area contributed by atoms with E-state index in [4.69, 9.17) is 41.9 Å². The smallest absolute Gasteiger partial charge is 0.185 e. The number of likely N-dealkylation sites (N-methyl/N-ethyl adjacent to an activating group) is 1. The Bertz CT molecular complexity index is 588. The third kappa shape index (κ3) is 5.37. The SMILES string of the molecule is CN[C@@H]1[C@@H](O)[C@H](O[C@@H]2[C@@H](O)[C@H](O[C@@H]3O[C@H](CN)CC[C@H]3N)[C@@H](N)C[C@H]2N)OC[C@]1(C)O. The van der Waals surface area contributed by atoms with E-state index in [2.05, 4.69) is 5.32 Å². The summed E-state index contributed by atoms with van der Waals surface area (Å²) in [7, 11) is 1.62. The minimum Gasteiger partial charge on any atom is -0.388 e. The second-order valence-corrected chi connectivity index (χ2v) is 9.15. The molecule has 12 N–H and O–H groups in total. The standard InChI is InChI=1S/C19H39N5O7/c1-19(27)7-28-18(13(26)16(19)24-2)31-15-11(23)5-10(22)14(12(15)25)30-17-9(21)4-3-8(6-20)29-17/h8-18,24-27H,3-7,20-23H2,1-2H3/t8-,9+,10-,11+,12-,13+,14+,15-,16+,17-,18-,19-/m0/s1. The summed E-state index contributed by atoms with van der Waals surface area (Å²) in [4.78, 5) is 0. The first-order valence-electron chi connectivity index (χ1n) is 10.9. The number of ether oxygens (including phenoxy) is 4. The summed E-state index contributed by atoms with van der Waals surface area (Å²) in [5.41, 5.74) is 23.0. The van der Waals surface area contributed by atoms with Crippen molar-refractivity contribution >= 4 is 0 Å². The Hall–Kier alpha value is -0.480. The summed E-state index contributed by atoms with van der Waals surface area (Å²) >= 11 is 0. The Morgan fingerprint density at radius 1 is 1.00 bits per heavy atom. The summed E-state index contributed by atoms with van der Waals surface area (Å²) < 4.78 is 23.3. The summed E-state index contributed by atoms with van der Waals surface area (Å²) in [6.07, 6.45) is -4.48. The molecule has 0 aromatic rings. The maximum absolute atomic E-state index is 11.0. The van der Waals surface area contributed by atoms with E-state index in [1.807, 2.05) is 0 Å². The van der Waals surface area contributed by atoms with Crippen LogP contribution in [0, 0.1) is 0 Å².